The summed E-state index contributed by atoms with van der Waals surface area (Å²) in [6.45, 7) is 3.71. The van der Waals surface area contributed by atoms with Crippen LogP contribution in [0.2, 0.25) is 0 Å². The van der Waals surface area contributed by atoms with Gasteiger partial charge in [-0.15, -0.1) is 0 Å². The Morgan fingerprint density at radius 2 is 1.13 bits per heavy atom. The van der Waals surface area contributed by atoms with Gasteiger partial charge in [-0.1, -0.05) is 16.4 Å². The molecule has 6 aromatic heterocycles. The molecule has 0 saturated carbocycles. The van der Waals surface area contributed by atoms with E-state index < -0.39 is 42.9 Å². The molecule has 4 aliphatic heterocycles. The van der Waals surface area contributed by atoms with Crippen molar-refractivity contribution in [1.82, 2.24) is 59.8 Å². The fourth-order valence-electron chi connectivity index (χ4n) is 8.89. The van der Waals surface area contributed by atoms with Crippen LogP contribution in [0.25, 0.3) is 45.6 Å². The molecule has 0 radical (unpaired) electrons. The molecule has 10 heterocycles. The molecule has 4 saturated heterocycles. The van der Waals surface area contributed by atoms with Crippen LogP contribution in [0.4, 0.5) is 20.7 Å². The number of pyridine rings is 2. The maximum atomic E-state index is 14.2. The minimum Gasteiger partial charge on any atom is -0.360 e. The highest BCUT2D eigenvalue weighted by molar-refractivity contribution is 5.87. The van der Waals surface area contributed by atoms with E-state index in [9.17, 15) is 28.0 Å². The minimum absolute atomic E-state index is 0.00791. The average Bonchev–Trinajstić information content (AvgIpc) is 4.13. The predicted molar refractivity (Wildman–Crippen MR) is 238 cm³/mol. The van der Waals surface area contributed by atoms with Crippen LogP contribution < -0.4 is 10.6 Å². The van der Waals surface area contributed by atoms with Crippen molar-refractivity contribution >= 4 is 35.5 Å². The van der Waals surface area contributed by atoms with Gasteiger partial charge in [0.15, 0.2) is 0 Å². The summed E-state index contributed by atoms with van der Waals surface area (Å²) in [5.41, 5.74) is 4.38. The Bertz CT molecular complexity index is 2940. The lowest BCUT2D eigenvalue weighted by Gasteiger charge is -2.42. The number of hydrogen-bond donors (Lipinski definition) is 2. The van der Waals surface area contributed by atoms with Gasteiger partial charge in [-0.25, -0.2) is 38.7 Å². The smallest absolute Gasteiger partial charge is 0.282 e. The van der Waals surface area contributed by atoms with Crippen LogP contribution in [0.3, 0.4) is 0 Å². The molecule has 10 rings (SSSR count). The van der Waals surface area contributed by atoms with Gasteiger partial charge >= 0.3 is 0 Å². The molecule has 68 heavy (non-hydrogen) atoms. The molecule has 4 aliphatic rings. The molecular formula is C46H46F2N14O6. The topological polar surface area (TPSA) is 235 Å². The maximum absolute atomic E-state index is 14.2. The summed E-state index contributed by atoms with van der Waals surface area (Å²) in [7, 11) is 3.50. The number of rotatable bonds is 13. The zero-order chi connectivity index (χ0) is 47.4. The van der Waals surface area contributed by atoms with Crippen LogP contribution in [-0.2, 0) is 19.2 Å². The molecule has 4 fully saturated rings. The Morgan fingerprint density at radius 1 is 0.647 bits per heavy atom. The third-order valence-electron chi connectivity index (χ3n) is 12.8. The molecule has 2 N–H and O–H groups in total. The molecular weight excluding hydrogens is 883 g/mol. The van der Waals surface area contributed by atoms with Gasteiger partial charge in [-0.3, -0.25) is 19.2 Å². The van der Waals surface area contributed by atoms with Gasteiger partial charge in [0.05, 0.1) is 53.3 Å². The predicted octanol–water partition coefficient (Wildman–Crippen LogP) is 4.64. The van der Waals surface area contributed by atoms with Crippen LogP contribution in [0.1, 0.15) is 68.1 Å². The molecule has 4 amide bonds. The number of hydrogen-bond acceptors (Lipinski definition) is 16. The number of likely N-dealkylation sites (tertiary alicyclic amines) is 4. The molecule has 5 atom stereocenters. The normalized spacial score (nSPS) is 20.8. The lowest BCUT2D eigenvalue weighted by molar-refractivity contribution is -0.166. The molecule has 0 bridgehead atoms. The minimum atomic E-state index is -2.90. The first-order chi connectivity index (χ1) is 32.7. The number of alkyl halides is 2. The summed E-state index contributed by atoms with van der Waals surface area (Å²) < 4.78 is 38.3. The summed E-state index contributed by atoms with van der Waals surface area (Å²) in [6, 6.07) is 13.9. The van der Waals surface area contributed by atoms with E-state index in [0.717, 1.165) is 10.5 Å². The van der Waals surface area contributed by atoms with Gasteiger partial charge < -0.3 is 39.3 Å². The van der Waals surface area contributed by atoms with E-state index in [1.807, 2.05) is 18.2 Å². The second kappa shape index (κ2) is 17.5. The van der Waals surface area contributed by atoms with Crippen molar-refractivity contribution < 1.29 is 37.0 Å². The average molecular weight is 929 g/mol. The van der Waals surface area contributed by atoms with E-state index in [-0.39, 0.29) is 41.6 Å². The second-order valence-electron chi connectivity index (χ2n) is 17.7. The zero-order valence-electron chi connectivity index (χ0n) is 37.5. The first-order valence-electron chi connectivity index (χ1n) is 22.3. The number of halogens is 2. The third kappa shape index (κ3) is 8.56. The fraction of sp³-hybridized carbons (Fsp3) is 0.391. The van der Waals surface area contributed by atoms with Crippen LogP contribution in [-0.4, -0.2) is 148 Å². The van der Waals surface area contributed by atoms with Crippen molar-refractivity contribution in [3.63, 3.8) is 0 Å². The Hall–Kier alpha value is -7.78. The Morgan fingerprint density at radius 3 is 1.65 bits per heavy atom. The first kappa shape index (κ1) is 44.1. The third-order valence-corrected chi connectivity index (χ3v) is 12.8. The van der Waals surface area contributed by atoms with Crippen molar-refractivity contribution in [3.8, 4) is 45.6 Å². The zero-order valence-corrected chi connectivity index (χ0v) is 37.5. The van der Waals surface area contributed by atoms with Gasteiger partial charge in [0.2, 0.25) is 35.5 Å². The fourth-order valence-corrected chi connectivity index (χ4v) is 8.89. The molecule has 1 unspecified atom stereocenters. The van der Waals surface area contributed by atoms with Crippen LogP contribution >= 0.6 is 0 Å². The van der Waals surface area contributed by atoms with Gasteiger partial charge in [0, 0.05) is 58.3 Å². The van der Waals surface area contributed by atoms with Crippen LogP contribution in [0, 0.1) is 0 Å². The van der Waals surface area contributed by atoms with Crippen molar-refractivity contribution in [3.05, 3.63) is 84.1 Å². The summed E-state index contributed by atoms with van der Waals surface area (Å²) in [4.78, 5) is 86.3. The SMILES string of the molecule is C[C@@H](Nc1nccc(-c2cc(C3CCN3C(=O)[C@@H](C)Nc3nccc(-c4cccc(-c5cc([C@@H]6CCN(C)C6=O)on5)n4)n3)cc(-c3cc([C@@H]4CCN(C)C4=O)on3)n2)n1)C(=O)N1CC(F)(F)C1. The van der Waals surface area contributed by atoms with E-state index in [2.05, 4.69) is 40.9 Å². The molecule has 6 aromatic rings. The molecule has 20 nitrogen and oxygen atoms in total. The molecule has 0 aliphatic carbocycles. The van der Waals surface area contributed by atoms with E-state index >= 15 is 0 Å². The number of amides is 4. The number of nitrogens with one attached hydrogen (secondary N) is 2. The van der Waals surface area contributed by atoms with Crippen molar-refractivity contribution in [2.24, 2.45) is 0 Å². The second-order valence-corrected chi connectivity index (χ2v) is 17.7. The highest BCUT2D eigenvalue weighted by atomic mass is 19.3. The van der Waals surface area contributed by atoms with Gasteiger partial charge in [-0.2, -0.15) is 0 Å². The maximum Gasteiger partial charge on any atom is 0.282 e. The van der Waals surface area contributed by atoms with E-state index in [1.165, 1.54) is 6.20 Å². The van der Waals surface area contributed by atoms with E-state index in [4.69, 9.17) is 19.0 Å². The van der Waals surface area contributed by atoms with Gasteiger partial charge in [0.1, 0.15) is 46.8 Å². The quantitative estimate of drug-likeness (QED) is 0.160. The largest absolute Gasteiger partial charge is 0.360 e. The lowest BCUT2D eigenvalue weighted by atomic mass is 9.92. The molecule has 350 valence electrons. The molecule has 22 heteroatoms. The number of aromatic nitrogens is 8. The Labute approximate surface area is 387 Å². The van der Waals surface area contributed by atoms with Crippen molar-refractivity contribution in [1.29, 1.82) is 0 Å². The monoisotopic (exact) mass is 928 g/mol. The van der Waals surface area contributed by atoms with Crippen molar-refractivity contribution in [2.45, 2.75) is 69.0 Å². The number of carbonyl (C=O) groups excluding carboxylic acids is 4. The van der Waals surface area contributed by atoms with Gasteiger partial charge in [-0.05, 0) is 75.1 Å². The summed E-state index contributed by atoms with van der Waals surface area (Å²) >= 11 is 0. The summed E-state index contributed by atoms with van der Waals surface area (Å²) in [5, 5.41) is 14.6. The summed E-state index contributed by atoms with van der Waals surface area (Å²) in [5.74, 6) is -3.32. The number of likely N-dealkylation sites (N-methyl/N-ethyl adjacent to an activating group) is 2. The van der Waals surface area contributed by atoms with Crippen LogP contribution in [0.5, 0.6) is 0 Å². The van der Waals surface area contributed by atoms with Crippen LogP contribution in [0.15, 0.2) is 76.0 Å². The first-order valence-corrected chi connectivity index (χ1v) is 22.3. The Kier molecular flexibility index (Phi) is 11.3. The summed E-state index contributed by atoms with van der Waals surface area (Å²) in [6.07, 6.45) is 4.94. The van der Waals surface area contributed by atoms with Crippen molar-refractivity contribution in [2.75, 3.05) is 57.5 Å². The van der Waals surface area contributed by atoms with E-state index in [0.29, 0.717) is 96.0 Å². The standard InChI is InChI=1S/C46H46F2N14O6/c1-24(40(63)61-22-46(47,48)23-61)51-44-50-14-9-32(56-44)33-18-26(19-34(54-33)36-21-39(68-58-36)28-11-16-60(4)43(28)66)37-12-17-62(37)41(64)25(2)52-45-49-13-8-31(55-45)29-6-5-7-30(53-29)35-20-38(67-57-35)27-10-15-59(3)42(27)65/h5-9,13-14,18-21,24-25,27-28,37H,10-12,15-17,22-23H2,1-4H3,(H,49,52,55)(H,50,51,56)/t24-,25-,27+,28+,37?/m1/s1. The lowest BCUT2D eigenvalue weighted by Crippen LogP contribution is -2.61. The highest BCUT2D eigenvalue weighted by Crippen LogP contribution is 2.39. The van der Waals surface area contributed by atoms with Gasteiger partial charge in [0.25, 0.3) is 5.92 Å². The number of nitrogens with zero attached hydrogens (tertiary/aromatic N) is 12. The highest BCUT2D eigenvalue weighted by Gasteiger charge is 2.47. The van der Waals surface area contributed by atoms with E-state index in [1.54, 1.807) is 85.2 Å². The number of anilines is 2. The Balaban J connectivity index is 0.874. The molecule has 0 aromatic carbocycles. The number of carbonyl (C=O) groups is 4. The molecule has 0 spiro atoms.